The van der Waals surface area contributed by atoms with Crippen LogP contribution in [0.3, 0.4) is 0 Å². The molecule has 0 saturated heterocycles. The predicted octanol–water partition coefficient (Wildman–Crippen LogP) is 4.57. The van der Waals surface area contributed by atoms with Crippen molar-refractivity contribution in [3.63, 3.8) is 0 Å². The van der Waals surface area contributed by atoms with Crippen LogP contribution < -0.4 is 10.5 Å². The van der Waals surface area contributed by atoms with Gasteiger partial charge in [-0.2, -0.15) is 0 Å². The summed E-state index contributed by atoms with van der Waals surface area (Å²) in [6, 6.07) is 11.4. The zero-order chi connectivity index (χ0) is 13.1. The molecule has 0 fully saturated rings. The molecule has 0 saturated carbocycles. The number of benzene rings is 2. The van der Waals surface area contributed by atoms with Crippen LogP contribution in [0.15, 0.2) is 40.9 Å². The van der Waals surface area contributed by atoms with E-state index in [0.29, 0.717) is 6.61 Å². The van der Waals surface area contributed by atoms with Crippen molar-refractivity contribution in [3.8, 4) is 5.75 Å². The first-order valence-corrected chi connectivity index (χ1v) is 6.66. The van der Waals surface area contributed by atoms with Crippen molar-refractivity contribution in [1.82, 2.24) is 0 Å². The van der Waals surface area contributed by atoms with E-state index in [1.54, 1.807) is 0 Å². The summed E-state index contributed by atoms with van der Waals surface area (Å²) < 4.78 is 6.66. The summed E-state index contributed by atoms with van der Waals surface area (Å²) in [6.45, 7) is 2.39. The number of anilines is 1. The Bertz CT molecular complexity index is 572. The summed E-state index contributed by atoms with van der Waals surface area (Å²) >= 11 is 9.33. The molecule has 0 bridgehead atoms. The molecule has 18 heavy (non-hydrogen) atoms. The van der Waals surface area contributed by atoms with Gasteiger partial charge in [0.1, 0.15) is 12.4 Å². The molecular formula is C14H13BrClNO. The van der Waals surface area contributed by atoms with Gasteiger partial charge >= 0.3 is 0 Å². The van der Waals surface area contributed by atoms with E-state index in [9.17, 15) is 0 Å². The van der Waals surface area contributed by atoms with Gasteiger partial charge in [-0.25, -0.2) is 0 Å². The predicted molar refractivity (Wildman–Crippen MR) is 79.1 cm³/mol. The first kappa shape index (κ1) is 13.2. The maximum Gasteiger partial charge on any atom is 0.120 e. The van der Waals surface area contributed by atoms with Crippen molar-refractivity contribution < 1.29 is 4.74 Å². The minimum Gasteiger partial charge on any atom is -0.489 e. The largest absolute Gasteiger partial charge is 0.489 e. The van der Waals surface area contributed by atoms with Crippen LogP contribution in [0.1, 0.15) is 11.1 Å². The highest BCUT2D eigenvalue weighted by Crippen LogP contribution is 2.23. The van der Waals surface area contributed by atoms with Crippen molar-refractivity contribution in [2.75, 3.05) is 5.73 Å². The molecule has 2 aromatic rings. The molecule has 0 aliphatic heterocycles. The Hall–Kier alpha value is -1.19. The summed E-state index contributed by atoms with van der Waals surface area (Å²) in [7, 11) is 0. The van der Waals surface area contributed by atoms with Gasteiger partial charge in [-0.15, -0.1) is 0 Å². The van der Waals surface area contributed by atoms with E-state index in [4.69, 9.17) is 22.1 Å². The second-order valence-corrected chi connectivity index (χ2v) is 5.37. The lowest BCUT2D eigenvalue weighted by Gasteiger charge is -2.10. The fourth-order valence-corrected chi connectivity index (χ4v) is 2.06. The van der Waals surface area contributed by atoms with Crippen LogP contribution in [-0.4, -0.2) is 0 Å². The second-order valence-electron chi connectivity index (χ2n) is 4.04. The van der Waals surface area contributed by atoms with Crippen LogP contribution in [0.25, 0.3) is 0 Å². The maximum absolute atomic E-state index is 5.96. The van der Waals surface area contributed by atoms with E-state index in [1.807, 2.05) is 43.3 Å². The average molecular weight is 327 g/mol. The lowest BCUT2D eigenvalue weighted by molar-refractivity contribution is 0.306. The molecule has 0 spiro atoms. The Morgan fingerprint density at radius 2 is 2.00 bits per heavy atom. The van der Waals surface area contributed by atoms with E-state index in [0.717, 1.165) is 32.1 Å². The molecule has 0 unspecified atom stereocenters. The van der Waals surface area contributed by atoms with Crippen LogP contribution in [-0.2, 0) is 6.61 Å². The normalized spacial score (nSPS) is 10.4. The van der Waals surface area contributed by atoms with E-state index >= 15 is 0 Å². The van der Waals surface area contributed by atoms with Crippen molar-refractivity contribution in [2.45, 2.75) is 13.5 Å². The molecule has 0 atom stereocenters. The summed E-state index contributed by atoms with van der Waals surface area (Å²) in [5.74, 6) is 0.791. The van der Waals surface area contributed by atoms with Crippen molar-refractivity contribution in [1.29, 1.82) is 0 Å². The molecule has 2 aromatic carbocycles. The minimum absolute atomic E-state index is 0.445. The zero-order valence-electron chi connectivity index (χ0n) is 9.91. The molecule has 2 rings (SSSR count). The van der Waals surface area contributed by atoms with Gasteiger partial charge in [0.05, 0.1) is 0 Å². The molecule has 4 heteroatoms. The molecule has 0 aromatic heterocycles. The number of rotatable bonds is 3. The summed E-state index contributed by atoms with van der Waals surface area (Å²) in [5, 5.41) is 0.741. The third kappa shape index (κ3) is 3.18. The van der Waals surface area contributed by atoms with Crippen LogP contribution in [0.4, 0.5) is 5.69 Å². The smallest absolute Gasteiger partial charge is 0.120 e. The highest BCUT2D eigenvalue weighted by atomic mass is 79.9. The van der Waals surface area contributed by atoms with Gasteiger partial charge in [0, 0.05) is 20.7 Å². The maximum atomic E-state index is 5.96. The highest BCUT2D eigenvalue weighted by Gasteiger charge is 2.03. The monoisotopic (exact) mass is 325 g/mol. The topological polar surface area (TPSA) is 35.2 Å². The number of hydrogen-bond donors (Lipinski definition) is 1. The third-order valence-electron chi connectivity index (χ3n) is 2.63. The Morgan fingerprint density at radius 3 is 2.67 bits per heavy atom. The van der Waals surface area contributed by atoms with Gasteiger partial charge in [-0.3, -0.25) is 0 Å². The van der Waals surface area contributed by atoms with Gasteiger partial charge in [-0.1, -0.05) is 33.6 Å². The van der Waals surface area contributed by atoms with E-state index in [1.165, 1.54) is 0 Å². The van der Waals surface area contributed by atoms with E-state index in [2.05, 4.69) is 15.9 Å². The molecule has 0 radical (unpaired) electrons. The minimum atomic E-state index is 0.445. The highest BCUT2D eigenvalue weighted by molar-refractivity contribution is 9.10. The van der Waals surface area contributed by atoms with Crippen molar-refractivity contribution in [2.24, 2.45) is 0 Å². The second kappa shape index (κ2) is 5.63. The van der Waals surface area contributed by atoms with Crippen LogP contribution in [0.5, 0.6) is 5.75 Å². The number of nitrogen functional groups attached to an aromatic ring is 1. The van der Waals surface area contributed by atoms with Gasteiger partial charge in [0.15, 0.2) is 0 Å². The van der Waals surface area contributed by atoms with Gasteiger partial charge in [0.2, 0.25) is 0 Å². The quantitative estimate of drug-likeness (QED) is 0.838. The van der Waals surface area contributed by atoms with E-state index < -0.39 is 0 Å². The third-order valence-corrected chi connectivity index (χ3v) is 3.55. The fraction of sp³-hybridized carbons (Fsp3) is 0.143. The molecule has 0 amide bonds. The number of nitrogens with two attached hydrogens (primary N) is 1. The molecule has 2 N–H and O–H groups in total. The number of hydrogen-bond acceptors (Lipinski definition) is 2. The van der Waals surface area contributed by atoms with Crippen molar-refractivity contribution in [3.05, 3.63) is 57.0 Å². The molecule has 94 valence electrons. The summed E-state index contributed by atoms with van der Waals surface area (Å²) in [5.41, 5.74) is 8.59. The summed E-state index contributed by atoms with van der Waals surface area (Å²) in [6.07, 6.45) is 0. The standard InChI is InChI=1S/C14H13BrClNO/c1-9-6-12(4-5-13(9)16)18-8-10-2-3-11(15)7-14(10)17/h2-7H,8,17H2,1H3. The SMILES string of the molecule is Cc1cc(OCc2ccc(Br)cc2N)ccc1Cl. The molecule has 0 heterocycles. The van der Waals surface area contributed by atoms with Crippen LogP contribution >= 0.6 is 27.5 Å². The Balaban J connectivity index is 2.09. The Morgan fingerprint density at radius 1 is 1.22 bits per heavy atom. The lowest BCUT2D eigenvalue weighted by Crippen LogP contribution is -2.00. The van der Waals surface area contributed by atoms with Gasteiger partial charge < -0.3 is 10.5 Å². The first-order valence-electron chi connectivity index (χ1n) is 5.49. The van der Waals surface area contributed by atoms with Crippen molar-refractivity contribution >= 4 is 33.2 Å². The average Bonchev–Trinajstić information content (AvgIpc) is 2.32. The fourth-order valence-electron chi connectivity index (χ4n) is 1.57. The molecule has 0 aliphatic carbocycles. The number of halogens is 2. The van der Waals surface area contributed by atoms with Gasteiger partial charge in [0.25, 0.3) is 0 Å². The summed E-state index contributed by atoms with van der Waals surface area (Å²) in [4.78, 5) is 0. The number of aryl methyl sites for hydroxylation is 1. The van der Waals surface area contributed by atoms with Crippen LogP contribution in [0.2, 0.25) is 5.02 Å². The molecule has 2 nitrogen and oxygen atoms in total. The Labute approximate surface area is 120 Å². The lowest BCUT2D eigenvalue weighted by atomic mass is 10.2. The van der Waals surface area contributed by atoms with Gasteiger partial charge in [-0.05, 0) is 42.8 Å². The zero-order valence-corrected chi connectivity index (χ0v) is 12.3. The van der Waals surface area contributed by atoms with E-state index in [-0.39, 0.29) is 0 Å². The number of ether oxygens (including phenoxy) is 1. The molecule has 0 aliphatic rings. The molecular weight excluding hydrogens is 314 g/mol. The first-order chi connectivity index (χ1) is 8.56. The Kier molecular flexibility index (Phi) is 4.15. The van der Waals surface area contributed by atoms with Crippen LogP contribution in [0, 0.1) is 6.92 Å².